The largest absolute Gasteiger partial charge is 0.352 e. The van der Waals surface area contributed by atoms with E-state index in [0.29, 0.717) is 5.02 Å². The van der Waals surface area contributed by atoms with Crippen LogP contribution in [0, 0.1) is 13.8 Å². The maximum atomic E-state index is 14.0. The van der Waals surface area contributed by atoms with Gasteiger partial charge in [-0.15, -0.1) is 0 Å². The second kappa shape index (κ2) is 13.1. The summed E-state index contributed by atoms with van der Waals surface area (Å²) < 4.78 is 28.7. The molecule has 3 aromatic rings. The van der Waals surface area contributed by atoms with Crippen molar-refractivity contribution in [3.8, 4) is 0 Å². The summed E-state index contributed by atoms with van der Waals surface area (Å²) in [6.45, 7) is 8.91. The molecule has 2 atom stereocenters. The van der Waals surface area contributed by atoms with Gasteiger partial charge in [0.25, 0.3) is 10.0 Å². The van der Waals surface area contributed by atoms with Gasteiger partial charge in [0.2, 0.25) is 11.8 Å². The minimum absolute atomic E-state index is 0.0438. The number of rotatable bonds is 11. The first-order chi connectivity index (χ1) is 18.4. The van der Waals surface area contributed by atoms with Gasteiger partial charge in [-0.1, -0.05) is 72.6 Å². The molecule has 2 unspecified atom stereocenters. The summed E-state index contributed by atoms with van der Waals surface area (Å²) in [5.41, 5.74) is 2.89. The fourth-order valence-electron chi connectivity index (χ4n) is 4.04. The van der Waals surface area contributed by atoms with E-state index in [-0.39, 0.29) is 29.1 Å². The molecule has 39 heavy (non-hydrogen) atoms. The Kier molecular flexibility index (Phi) is 10.2. The van der Waals surface area contributed by atoms with Gasteiger partial charge < -0.3 is 10.2 Å². The van der Waals surface area contributed by atoms with Gasteiger partial charge >= 0.3 is 0 Å². The molecule has 208 valence electrons. The highest BCUT2D eigenvalue weighted by atomic mass is 35.5. The van der Waals surface area contributed by atoms with Crippen LogP contribution in [-0.2, 0) is 26.2 Å². The van der Waals surface area contributed by atoms with Crippen molar-refractivity contribution in [1.29, 1.82) is 0 Å². The zero-order valence-electron chi connectivity index (χ0n) is 23.0. The summed E-state index contributed by atoms with van der Waals surface area (Å²) in [5.74, 6) is -0.819. The number of aryl methyl sites for hydroxylation is 2. The average Bonchev–Trinajstić information content (AvgIpc) is 2.91. The zero-order valence-corrected chi connectivity index (χ0v) is 24.6. The number of amides is 2. The molecule has 0 fully saturated rings. The van der Waals surface area contributed by atoms with Crippen molar-refractivity contribution < 1.29 is 18.0 Å². The van der Waals surface area contributed by atoms with Gasteiger partial charge in [0.1, 0.15) is 12.6 Å². The molecule has 0 heterocycles. The summed E-state index contributed by atoms with van der Waals surface area (Å²) in [4.78, 5) is 28.5. The molecule has 0 bridgehead atoms. The van der Waals surface area contributed by atoms with Gasteiger partial charge in [0.15, 0.2) is 0 Å². The topological polar surface area (TPSA) is 86.8 Å². The van der Waals surface area contributed by atoms with Crippen molar-refractivity contribution in [2.75, 3.05) is 10.8 Å². The monoisotopic (exact) mass is 569 g/mol. The molecule has 1 N–H and O–H groups in total. The lowest BCUT2D eigenvalue weighted by Crippen LogP contribution is -2.52. The maximum absolute atomic E-state index is 14.0. The minimum Gasteiger partial charge on any atom is -0.352 e. The number of halogens is 1. The van der Waals surface area contributed by atoms with Crippen LogP contribution in [0.2, 0.25) is 5.02 Å². The molecule has 0 saturated heterocycles. The predicted molar refractivity (Wildman–Crippen MR) is 156 cm³/mol. The molecule has 2 amide bonds. The molecular formula is C30H36ClN3O4S. The molecule has 0 aliphatic rings. The molecule has 3 aromatic carbocycles. The number of anilines is 1. The second-order valence-corrected chi connectivity index (χ2v) is 12.0. The van der Waals surface area contributed by atoms with Crippen molar-refractivity contribution in [3.05, 3.63) is 94.5 Å². The standard InChI is InChI=1S/C30H36ClN3O4S/c1-6-23(4)32-30(36)24(5)33(19-25-12-10-11-21(2)17-25)29(35)20-34(26-16-15-22(3)28(31)18-26)39(37,38)27-13-8-7-9-14-27/h7-18,23-24H,6,19-20H2,1-5H3,(H,32,36). The number of carbonyl (C=O) groups excluding carboxylic acids is 2. The highest BCUT2D eigenvalue weighted by Crippen LogP contribution is 2.28. The first-order valence-electron chi connectivity index (χ1n) is 12.9. The van der Waals surface area contributed by atoms with E-state index in [1.807, 2.05) is 52.0 Å². The summed E-state index contributed by atoms with van der Waals surface area (Å²) in [5, 5.41) is 3.32. The van der Waals surface area contributed by atoms with Crippen LogP contribution in [0.3, 0.4) is 0 Å². The number of carbonyl (C=O) groups is 2. The van der Waals surface area contributed by atoms with Crippen LogP contribution in [0.25, 0.3) is 0 Å². The van der Waals surface area contributed by atoms with E-state index in [9.17, 15) is 18.0 Å². The van der Waals surface area contributed by atoms with Gasteiger partial charge in [-0.05, 0) is 69.5 Å². The normalized spacial score (nSPS) is 12.9. The third kappa shape index (κ3) is 7.61. The van der Waals surface area contributed by atoms with E-state index in [4.69, 9.17) is 11.6 Å². The van der Waals surface area contributed by atoms with Gasteiger partial charge in [0.05, 0.1) is 10.6 Å². The van der Waals surface area contributed by atoms with Gasteiger partial charge in [-0.25, -0.2) is 8.42 Å². The zero-order chi connectivity index (χ0) is 28.7. The fraction of sp³-hybridized carbons (Fsp3) is 0.333. The first-order valence-corrected chi connectivity index (χ1v) is 14.7. The fourth-order valence-corrected chi connectivity index (χ4v) is 5.64. The number of nitrogens with one attached hydrogen (secondary N) is 1. The number of sulfonamides is 1. The third-order valence-corrected chi connectivity index (χ3v) is 8.85. The van der Waals surface area contributed by atoms with Crippen LogP contribution in [0.1, 0.15) is 43.9 Å². The smallest absolute Gasteiger partial charge is 0.264 e. The summed E-state index contributed by atoms with van der Waals surface area (Å²) in [6.07, 6.45) is 0.738. The molecule has 0 spiro atoms. The van der Waals surface area contributed by atoms with E-state index in [2.05, 4.69) is 5.32 Å². The Balaban J connectivity index is 2.04. The molecule has 9 heteroatoms. The Morgan fingerprint density at radius 2 is 1.64 bits per heavy atom. The Bertz CT molecular complexity index is 1410. The van der Waals surface area contributed by atoms with Crippen LogP contribution in [-0.4, -0.2) is 43.8 Å². The highest BCUT2D eigenvalue weighted by molar-refractivity contribution is 7.92. The number of hydrogen-bond donors (Lipinski definition) is 1. The maximum Gasteiger partial charge on any atom is 0.264 e. The van der Waals surface area contributed by atoms with Crippen molar-refractivity contribution >= 4 is 39.1 Å². The highest BCUT2D eigenvalue weighted by Gasteiger charge is 2.33. The van der Waals surface area contributed by atoms with Crippen LogP contribution >= 0.6 is 11.6 Å². The molecule has 7 nitrogen and oxygen atoms in total. The molecule has 0 aliphatic heterocycles. The summed E-state index contributed by atoms with van der Waals surface area (Å²) >= 11 is 6.36. The Labute approximate surface area is 236 Å². The molecular weight excluding hydrogens is 534 g/mol. The van der Waals surface area contributed by atoms with E-state index >= 15 is 0 Å². The molecule has 0 aliphatic carbocycles. The summed E-state index contributed by atoms with van der Waals surface area (Å²) in [6, 6.07) is 19.6. The van der Waals surface area contributed by atoms with Gasteiger partial charge in [-0.2, -0.15) is 0 Å². The van der Waals surface area contributed by atoms with E-state index < -0.39 is 28.5 Å². The van der Waals surface area contributed by atoms with Crippen molar-refractivity contribution in [1.82, 2.24) is 10.2 Å². The lowest BCUT2D eigenvalue weighted by Gasteiger charge is -2.32. The van der Waals surface area contributed by atoms with E-state index in [1.54, 1.807) is 37.3 Å². The number of benzene rings is 3. The Hall–Kier alpha value is -3.36. The van der Waals surface area contributed by atoms with Gasteiger partial charge in [-0.3, -0.25) is 13.9 Å². The quantitative estimate of drug-likeness (QED) is 0.331. The van der Waals surface area contributed by atoms with Crippen LogP contribution < -0.4 is 9.62 Å². The van der Waals surface area contributed by atoms with Crippen molar-refractivity contribution in [3.63, 3.8) is 0 Å². The summed E-state index contributed by atoms with van der Waals surface area (Å²) in [7, 11) is -4.13. The molecule has 3 rings (SSSR count). The van der Waals surface area contributed by atoms with E-state index in [1.165, 1.54) is 23.1 Å². The lowest BCUT2D eigenvalue weighted by atomic mass is 10.1. The number of nitrogens with zero attached hydrogens (tertiary/aromatic N) is 2. The molecule has 0 radical (unpaired) electrons. The van der Waals surface area contributed by atoms with E-state index in [0.717, 1.165) is 27.4 Å². The molecule has 0 aromatic heterocycles. The predicted octanol–water partition coefficient (Wildman–Crippen LogP) is 5.48. The average molecular weight is 570 g/mol. The molecule has 0 saturated carbocycles. The third-order valence-electron chi connectivity index (χ3n) is 6.66. The lowest BCUT2D eigenvalue weighted by molar-refractivity contribution is -0.139. The van der Waals surface area contributed by atoms with Crippen molar-refractivity contribution in [2.45, 2.75) is 64.6 Å². The van der Waals surface area contributed by atoms with Crippen LogP contribution in [0.4, 0.5) is 5.69 Å². The Morgan fingerprint density at radius 3 is 2.26 bits per heavy atom. The SMILES string of the molecule is CCC(C)NC(=O)C(C)N(Cc1cccc(C)c1)C(=O)CN(c1ccc(C)c(Cl)c1)S(=O)(=O)c1ccccc1. The van der Waals surface area contributed by atoms with Gasteiger partial charge in [0, 0.05) is 17.6 Å². The number of hydrogen-bond acceptors (Lipinski definition) is 4. The van der Waals surface area contributed by atoms with Crippen LogP contribution in [0.15, 0.2) is 77.7 Å². The minimum atomic E-state index is -4.13. The van der Waals surface area contributed by atoms with Crippen molar-refractivity contribution in [2.24, 2.45) is 0 Å². The van der Waals surface area contributed by atoms with Crippen LogP contribution in [0.5, 0.6) is 0 Å². The Morgan fingerprint density at radius 1 is 0.949 bits per heavy atom. The second-order valence-electron chi connectivity index (χ2n) is 9.76. The first kappa shape index (κ1) is 30.2.